The average Bonchev–Trinajstić information content (AvgIpc) is 2.60. The number of esters is 1. The molecule has 0 aliphatic heterocycles. The van der Waals surface area contributed by atoms with Crippen molar-refractivity contribution < 1.29 is 22.9 Å². The van der Waals surface area contributed by atoms with E-state index in [4.69, 9.17) is 11.6 Å². The first-order valence-electron chi connectivity index (χ1n) is 6.79. The molecule has 0 heterocycles. The smallest absolute Gasteiger partial charge is 0.337 e. The molecular weight excluding hydrogens is 372 g/mol. The van der Waals surface area contributed by atoms with E-state index in [1.165, 1.54) is 50.6 Å². The number of nitro groups is 1. The van der Waals surface area contributed by atoms with E-state index in [1.54, 1.807) is 0 Å². The number of methoxy groups -OCH3 is 1. The maximum atomic E-state index is 12.7. The molecule has 2 rings (SSSR count). The molecule has 0 fully saturated rings. The standard InChI is InChI=1S/C15H13ClN2O6S/c1-17(14-8-10(15(19)24-2)6-7-13(14)16)25(22,23)12-5-3-4-11(9-12)18(20)21/h3-9H,1-2H3. The molecule has 0 amide bonds. The Bertz CT molecular complexity index is 945. The number of carbonyl (C=O) groups is 1. The second kappa shape index (κ2) is 7.08. The highest BCUT2D eigenvalue weighted by Crippen LogP contribution is 2.31. The number of anilines is 1. The summed E-state index contributed by atoms with van der Waals surface area (Å²) in [7, 11) is -1.70. The number of carbonyl (C=O) groups excluding carboxylic acids is 1. The lowest BCUT2D eigenvalue weighted by Crippen LogP contribution is -2.27. The molecule has 0 spiro atoms. The van der Waals surface area contributed by atoms with Gasteiger partial charge in [0.15, 0.2) is 0 Å². The molecule has 0 unspecified atom stereocenters. The topological polar surface area (TPSA) is 107 Å². The summed E-state index contributed by atoms with van der Waals surface area (Å²) in [5, 5.41) is 10.9. The third kappa shape index (κ3) is 3.72. The van der Waals surface area contributed by atoms with Crippen molar-refractivity contribution in [2.45, 2.75) is 4.90 Å². The molecule has 0 aliphatic carbocycles. The SMILES string of the molecule is COC(=O)c1ccc(Cl)c(N(C)S(=O)(=O)c2cccc([N+](=O)[O-])c2)c1. The van der Waals surface area contributed by atoms with Crippen LogP contribution in [0.5, 0.6) is 0 Å². The average molecular weight is 385 g/mol. The van der Waals surface area contributed by atoms with Gasteiger partial charge in [0, 0.05) is 19.2 Å². The fourth-order valence-electron chi connectivity index (χ4n) is 2.04. The molecule has 0 N–H and O–H groups in total. The van der Waals surface area contributed by atoms with Crippen molar-refractivity contribution in [2.24, 2.45) is 0 Å². The molecule has 2 aromatic carbocycles. The van der Waals surface area contributed by atoms with Gasteiger partial charge in [-0.05, 0) is 24.3 Å². The highest BCUT2D eigenvalue weighted by atomic mass is 35.5. The van der Waals surface area contributed by atoms with E-state index in [2.05, 4.69) is 4.74 Å². The maximum Gasteiger partial charge on any atom is 0.337 e. The molecule has 0 aliphatic rings. The second-order valence-corrected chi connectivity index (χ2v) is 7.26. The highest BCUT2D eigenvalue weighted by molar-refractivity contribution is 7.92. The Morgan fingerprint density at radius 3 is 2.52 bits per heavy atom. The van der Waals surface area contributed by atoms with Crippen molar-refractivity contribution >= 4 is 39.0 Å². The normalized spacial score (nSPS) is 11.0. The van der Waals surface area contributed by atoms with Crippen LogP contribution in [0.2, 0.25) is 5.02 Å². The fraction of sp³-hybridized carbons (Fsp3) is 0.133. The van der Waals surface area contributed by atoms with E-state index in [0.29, 0.717) is 0 Å². The number of nitro benzene ring substituents is 1. The predicted octanol–water partition coefficient (Wildman–Crippen LogP) is 2.86. The number of hydrogen-bond donors (Lipinski definition) is 0. The first-order valence-corrected chi connectivity index (χ1v) is 8.61. The maximum absolute atomic E-state index is 12.7. The number of benzene rings is 2. The Labute approximate surface area is 148 Å². The summed E-state index contributed by atoms with van der Waals surface area (Å²) >= 11 is 6.05. The number of sulfonamides is 1. The van der Waals surface area contributed by atoms with Gasteiger partial charge in [0.05, 0.1) is 33.2 Å². The quantitative estimate of drug-likeness (QED) is 0.445. The lowest BCUT2D eigenvalue weighted by Gasteiger charge is -2.21. The Hall–Kier alpha value is -2.65. The number of halogens is 1. The summed E-state index contributed by atoms with van der Waals surface area (Å²) in [5.74, 6) is -0.654. The summed E-state index contributed by atoms with van der Waals surface area (Å²) < 4.78 is 30.9. The number of rotatable bonds is 5. The Kier molecular flexibility index (Phi) is 5.29. The van der Waals surface area contributed by atoms with Crippen molar-refractivity contribution in [3.8, 4) is 0 Å². The molecule has 10 heteroatoms. The van der Waals surface area contributed by atoms with Crippen LogP contribution in [-0.4, -0.2) is 33.5 Å². The third-order valence-corrected chi connectivity index (χ3v) is 5.48. The minimum atomic E-state index is -4.13. The second-order valence-electron chi connectivity index (χ2n) is 4.88. The third-order valence-electron chi connectivity index (χ3n) is 3.39. The van der Waals surface area contributed by atoms with Gasteiger partial charge in [-0.3, -0.25) is 14.4 Å². The zero-order valence-corrected chi connectivity index (χ0v) is 14.7. The van der Waals surface area contributed by atoms with Gasteiger partial charge in [-0.15, -0.1) is 0 Å². The van der Waals surface area contributed by atoms with Gasteiger partial charge in [0.2, 0.25) is 0 Å². The molecule has 132 valence electrons. The van der Waals surface area contributed by atoms with Crippen LogP contribution in [0.15, 0.2) is 47.4 Å². The highest BCUT2D eigenvalue weighted by Gasteiger charge is 2.25. The van der Waals surface area contributed by atoms with Crippen molar-refractivity contribution in [2.75, 3.05) is 18.5 Å². The minimum Gasteiger partial charge on any atom is -0.465 e. The lowest BCUT2D eigenvalue weighted by atomic mass is 10.2. The molecular formula is C15H13ClN2O6S. The largest absolute Gasteiger partial charge is 0.465 e. The molecule has 0 saturated heterocycles. The monoisotopic (exact) mass is 384 g/mol. The summed E-state index contributed by atoms with van der Waals surface area (Å²) in [5.41, 5.74) is -0.206. The van der Waals surface area contributed by atoms with Crippen LogP contribution in [0.4, 0.5) is 11.4 Å². The number of nitrogens with zero attached hydrogens (tertiary/aromatic N) is 2. The number of non-ortho nitro benzene ring substituents is 1. The van der Waals surface area contributed by atoms with E-state index >= 15 is 0 Å². The van der Waals surface area contributed by atoms with Crippen LogP contribution in [-0.2, 0) is 14.8 Å². The summed E-state index contributed by atoms with van der Waals surface area (Å²) in [6.45, 7) is 0. The first kappa shape index (κ1) is 18.7. The van der Waals surface area contributed by atoms with E-state index in [1.807, 2.05) is 0 Å². The van der Waals surface area contributed by atoms with Crippen LogP contribution < -0.4 is 4.31 Å². The summed E-state index contributed by atoms with van der Waals surface area (Å²) in [4.78, 5) is 21.5. The summed E-state index contributed by atoms with van der Waals surface area (Å²) in [6.07, 6.45) is 0. The van der Waals surface area contributed by atoms with Crippen molar-refractivity contribution in [3.63, 3.8) is 0 Å². The molecule has 0 aromatic heterocycles. The van der Waals surface area contributed by atoms with Gasteiger partial charge in [0.25, 0.3) is 15.7 Å². The number of hydrogen-bond acceptors (Lipinski definition) is 6. The molecule has 0 bridgehead atoms. The van der Waals surface area contributed by atoms with E-state index in [-0.39, 0.29) is 26.9 Å². The van der Waals surface area contributed by atoms with E-state index in [9.17, 15) is 23.3 Å². The predicted molar refractivity (Wildman–Crippen MR) is 91.5 cm³/mol. The molecule has 0 radical (unpaired) electrons. The molecule has 2 aromatic rings. The van der Waals surface area contributed by atoms with E-state index in [0.717, 1.165) is 10.4 Å². The van der Waals surface area contributed by atoms with Crippen molar-refractivity contribution in [1.29, 1.82) is 0 Å². The zero-order valence-electron chi connectivity index (χ0n) is 13.2. The molecule has 25 heavy (non-hydrogen) atoms. The Morgan fingerprint density at radius 1 is 1.24 bits per heavy atom. The van der Waals surface area contributed by atoms with Crippen LogP contribution >= 0.6 is 11.6 Å². The van der Waals surface area contributed by atoms with E-state index < -0.39 is 20.9 Å². The lowest BCUT2D eigenvalue weighted by molar-refractivity contribution is -0.385. The molecule has 0 saturated carbocycles. The Morgan fingerprint density at radius 2 is 1.92 bits per heavy atom. The van der Waals surface area contributed by atoms with Gasteiger partial charge < -0.3 is 4.74 Å². The fourth-order valence-corrected chi connectivity index (χ4v) is 3.58. The van der Waals surface area contributed by atoms with Gasteiger partial charge in [0.1, 0.15) is 0 Å². The van der Waals surface area contributed by atoms with Crippen molar-refractivity contribution in [1.82, 2.24) is 0 Å². The summed E-state index contributed by atoms with van der Waals surface area (Å²) in [6, 6.07) is 8.66. The first-order chi connectivity index (χ1) is 11.7. The van der Waals surface area contributed by atoms with Gasteiger partial charge in [-0.2, -0.15) is 0 Å². The minimum absolute atomic E-state index is 0.0380. The number of ether oxygens (including phenoxy) is 1. The van der Waals surface area contributed by atoms with Crippen LogP contribution in [0.25, 0.3) is 0 Å². The van der Waals surface area contributed by atoms with Crippen LogP contribution in [0.1, 0.15) is 10.4 Å². The molecule has 0 atom stereocenters. The van der Waals surface area contributed by atoms with Gasteiger partial charge >= 0.3 is 5.97 Å². The van der Waals surface area contributed by atoms with Gasteiger partial charge in [-0.1, -0.05) is 17.7 Å². The zero-order chi connectivity index (χ0) is 18.8. The Balaban J connectivity index is 2.52. The molecule has 8 nitrogen and oxygen atoms in total. The van der Waals surface area contributed by atoms with Crippen LogP contribution in [0, 0.1) is 10.1 Å². The van der Waals surface area contributed by atoms with Crippen LogP contribution in [0.3, 0.4) is 0 Å². The van der Waals surface area contributed by atoms with Crippen molar-refractivity contribution in [3.05, 3.63) is 63.2 Å². The van der Waals surface area contributed by atoms with Gasteiger partial charge in [-0.25, -0.2) is 13.2 Å².